The molecule has 0 bridgehead atoms. The minimum Gasteiger partial charge on any atom is -0.481 e. The molecule has 1 N–H and O–H groups in total. The van der Waals surface area contributed by atoms with Crippen molar-refractivity contribution in [3.63, 3.8) is 0 Å². The van der Waals surface area contributed by atoms with Gasteiger partial charge in [-0.05, 0) is 32.4 Å². The van der Waals surface area contributed by atoms with Gasteiger partial charge in [-0.2, -0.15) is 0 Å². The molecule has 0 amide bonds. The monoisotopic (exact) mass is 299 g/mol. The highest BCUT2D eigenvalue weighted by Crippen LogP contribution is 2.26. The molecule has 1 rings (SSSR count). The van der Waals surface area contributed by atoms with Gasteiger partial charge in [-0.15, -0.1) is 0 Å². The van der Waals surface area contributed by atoms with Crippen LogP contribution in [0, 0.1) is 0 Å². The first-order valence-electron chi connectivity index (χ1n) is 6.51. The van der Waals surface area contributed by atoms with Gasteiger partial charge < -0.3 is 10.0 Å². The van der Waals surface area contributed by atoms with Crippen LogP contribution >= 0.6 is 0 Å². The summed E-state index contributed by atoms with van der Waals surface area (Å²) in [6, 6.07) is 6.91. The van der Waals surface area contributed by atoms with Crippen molar-refractivity contribution in [1.82, 2.24) is 0 Å². The largest absolute Gasteiger partial charge is 0.481 e. The standard InChI is InChI=1S/C14H21NO4S/c1-11(2)15(10-6-9-14(16)17)12-7-4-5-8-13(12)20(3,18)19/h4-5,7-8,11H,6,9-10H2,1-3H3,(H,16,17). The zero-order valence-electron chi connectivity index (χ0n) is 12.0. The first kappa shape index (κ1) is 16.5. The minimum absolute atomic E-state index is 0.0737. The molecule has 20 heavy (non-hydrogen) atoms. The number of aliphatic carboxylic acids is 1. The molecule has 6 heteroatoms. The highest BCUT2D eigenvalue weighted by atomic mass is 32.2. The molecule has 112 valence electrons. The Kier molecular flexibility index (Phi) is 5.56. The number of sulfone groups is 1. The van der Waals surface area contributed by atoms with Gasteiger partial charge in [0.1, 0.15) is 0 Å². The third-order valence-electron chi connectivity index (χ3n) is 2.99. The van der Waals surface area contributed by atoms with Gasteiger partial charge in [0.15, 0.2) is 9.84 Å². The molecule has 0 aliphatic carbocycles. The molecule has 1 aromatic rings. The number of anilines is 1. The van der Waals surface area contributed by atoms with Crippen molar-refractivity contribution in [3.05, 3.63) is 24.3 Å². The summed E-state index contributed by atoms with van der Waals surface area (Å²) in [5.41, 5.74) is 0.635. The smallest absolute Gasteiger partial charge is 0.303 e. The van der Waals surface area contributed by atoms with Crippen LogP contribution in [-0.2, 0) is 14.6 Å². The van der Waals surface area contributed by atoms with Crippen LogP contribution in [0.3, 0.4) is 0 Å². The van der Waals surface area contributed by atoms with Gasteiger partial charge in [-0.25, -0.2) is 8.42 Å². The predicted molar refractivity (Wildman–Crippen MR) is 78.9 cm³/mol. The van der Waals surface area contributed by atoms with Crippen molar-refractivity contribution in [2.24, 2.45) is 0 Å². The van der Waals surface area contributed by atoms with Gasteiger partial charge >= 0.3 is 5.97 Å². The number of para-hydroxylation sites is 1. The van der Waals surface area contributed by atoms with E-state index in [1.807, 2.05) is 18.7 Å². The Balaban J connectivity index is 3.07. The summed E-state index contributed by atoms with van der Waals surface area (Å²) in [5.74, 6) is -0.842. The summed E-state index contributed by atoms with van der Waals surface area (Å²) >= 11 is 0. The molecule has 0 aliphatic heterocycles. The van der Waals surface area contributed by atoms with Gasteiger partial charge in [-0.3, -0.25) is 4.79 Å². The summed E-state index contributed by atoms with van der Waals surface area (Å²) in [4.78, 5) is 12.8. The summed E-state index contributed by atoms with van der Waals surface area (Å²) in [7, 11) is -3.31. The van der Waals surface area contributed by atoms with Crippen molar-refractivity contribution in [2.75, 3.05) is 17.7 Å². The lowest BCUT2D eigenvalue weighted by Crippen LogP contribution is -2.33. The summed E-state index contributed by atoms with van der Waals surface area (Å²) < 4.78 is 23.7. The van der Waals surface area contributed by atoms with Crippen LogP contribution in [-0.4, -0.2) is 38.3 Å². The third-order valence-corrected chi connectivity index (χ3v) is 4.13. The number of rotatable bonds is 7. The van der Waals surface area contributed by atoms with E-state index in [4.69, 9.17) is 5.11 Å². The first-order chi connectivity index (χ1) is 9.23. The summed E-state index contributed by atoms with van der Waals surface area (Å²) in [6.07, 6.45) is 1.73. The number of hydrogen-bond acceptors (Lipinski definition) is 4. The van der Waals surface area contributed by atoms with Crippen molar-refractivity contribution >= 4 is 21.5 Å². The lowest BCUT2D eigenvalue weighted by Gasteiger charge is -2.30. The maximum absolute atomic E-state index is 11.8. The summed E-state index contributed by atoms with van der Waals surface area (Å²) in [5, 5.41) is 8.70. The zero-order valence-corrected chi connectivity index (χ0v) is 12.9. The van der Waals surface area contributed by atoms with E-state index in [-0.39, 0.29) is 17.4 Å². The molecule has 0 heterocycles. The van der Waals surface area contributed by atoms with Crippen LogP contribution in [0.25, 0.3) is 0 Å². The van der Waals surface area contributed by atoms with Crippen LogP contribution in [0.2, 0.25) is 0 Å². The molecule has 0 unspecified atom stereocenters. The van der Waals surface area contributed by atoms with Gasteiger partial charge in [0.25, 0.3) is 0 Å². The van der Waals surface area contributed by atoms with E-state index in [1.54, 1.807) is 24.3 Å². The number of nitrogens with zero attached hydrogens (tertiary/aromatic N) is 1. The Bertz CT molecular complexity index is 566. The molecular weight excluding hydrogens is 278 g/mol. The van der Waals surface area contributed by atoms with Crippen molar-refractivity contribution in [2.45, 2.75) is 37.6 Å². The third kappa shape index (κ3) is 4.52. The maximum atomic E-state index is 11.8. The van der Waals surface area contributed by atoms with E-state index < -0.39 is 15.8 Å². The Hall–Kier alpha value is -1.56. The quantitative estimate of drug-likeness (QED) is 0.835. The fraction of sp³-hybridized carbons (Fsp3) is 0.500. The van der Waals surface area contributed by atoms with Crippen LogP contribution < -0.4 is 4.90 Å². The van der Waals surface area contributed by atoms with Gasteiger partial charge in [0.05, 0.1) is 10.6 Å². The van der Waals surface area contributed by atoms with E-state index in [0.29, 0.717) is 18.7 Å². The van der Waals surface area contributed by atoms with E-state index >= 15 is 0 Å². The fourth-order valence-corrected chi connectivity index (χ4v) is 2.96. The lowest BCUT2D eigenvalue weighted by atomic mass is 10.2. The van der Waals surface area contributed by atoms with E-state index in [9.17, 15) is 13.2 Å². The molecule has 0 saturated carbocycles. The van der Waals surface area contributed by atoms with Crippen molar-refractivity contribution in [1.29, 1.82) is 0 Å². The second-order valence-corrected chi connectivity index (χ2v) is 7.01. The van der Waals surface area contributed by atoms with Crippen LogP contribution in [0.5, 0.6) is 0 Å². The molecule has 0 aliphatic rings. The number of carbonyl (C=O) groups is 1. The average molecular weight is 299 g/mol. The number of carboxylic acids is 1. The molecular formula is C14H21NO4S. The topological polar surface area (TPSA) is 74.7 Å². The van der Waals surface area contributed by atoms with E-state index in [1.165, 1.54) is 6.26 Å². The summed E-state index contributed by atoms with van der Waals surface area (Å²) in [6.45, 7) is 4.43. The molecule has 0 spiro atoms. The van der Waals surface area contributed by atoms with Crippen LogP contribution in [0.4, 0.5) is 5.69 Å². The Labute approximate surface area is 120 Å². The van der Waals surface area contributed by atoms with Gasteiger partial charge in [0.2, 0.25) is 0 Å². The van der Waals surface area contributed by atoms with Gasteiger partial charge in [0, 0.05) is 25.3 Å². The molecule has 0 saturated heterocycles. The van der Waals surface area contributed by atoms with E-state index in [2.05, 4.69) is 0 Å². The van der Waals surface area contributed by atoms with E-state index in [0.717, 1.165) is 0 Å². The highest BCUT2D eigenvalue weighted by molar-refractivity contribution is 7.90. The maximum Gasteiger partial charge on any atom is 0.303 e. The Morgan fingerprint density at radius 3 is 2.40 bits per heavy atom. The first-order valence-corrected chi connectivity index (χ1v) is 8.40. The number of benzene rings is 1. The van der Waals surface area contributed by atoms with Gasteiger partial charge in [-0.1, -0.05) is 12.1 Å². The minimum atomic E-state index is -3.31. The lowest BCUT2D eigenvalue weighted by molar-refractivity contribution is -0.137. The van der Waals surface area contributed by atoms with Crippen LogP contribution in [0.15, 0.2) is 29.2 Å². The zero-order chi connectivity index (χ0) is 15.3. The predicted octanol–water partition coefficient (Wildman–Crippen LogP) is 2.17. The SMILES string of the molecule is CC(C)N(CCCC(=O)O)c1ccccc1S(C)(=O)=O. The molecule has 0 aromatic heterocycles. The number of carboxylic acid groups (broad SMARTS) is 1. The van der Waals surface area contributed by atoms with Crippen molar-refractivity contribution < 1.29 is 18.3 Å². The molecule has 1 aromatic carbocycles. The average Bonchev–Trinajstić information content (AvgIpc) is 2.33. The highest BCUT2D eigenvalue weighted by Gasteiger charge is 2.19. The molecule has 0 atom stereocenters. The number of hydrogen-bond donors (Lipinski definition) is 1. The molecule has 0 fully saturated rings. The second kappa shape index (κ2) is 6.74. The normalized spacial score (nSPS) is 11.6. The van der Waals surface area contributed by atoms with Crippen molar-refractivity contribution in [3.8, 4) is 0 Å². The Morgan fingerprint density at radius 1 is 1.30 bits per heavy atom. The second-order valence-electron chi connectivity index (χ2n) is 5.02. The Morgan fingerprint density at radius 2 is 1.90 bits per heavy atom. The molecule has 5 nitrogen and oxygen atoms in total. The molecule has 0 radical (unpaired) electrons. The fourth-order valence-electron chi connectivity index (χ4n) is 2.07. The van der Waals surface area contributed by atoms with Crippen LogP contribution in [0.1, 0.15) is 26.7 Å².